The lowest BCUT2D eigenvalue weighted by Gasteiger charge is -2.30. The number of aromatic amines is 1. The first-order valence-corrected chi connectivity index (χ1v) is 16.7. The van der Waals surface area contributed by atoms with Crippen LogP contribution in [0.1, 0.15) is 47.2 Å². The van der Waals surface area contributed by atoms with Crippen molar-refractivity contribution in [1.82, 2.24) is 30.7 Å². The maximum Gasteiger partial charge on any atom is 0.258 e. The Morgan fingerprint density at radius 1 is 0.959 bits per heavy atom. The topological polar surface area (TPSA) is 173 Å². The first kappa shape index (κ1) is 33.7. The highest BCUT2D eigenvalue weighted by Gasteiger charge is 2.40. The second-order valence-corrected chi connectivity index (χ2v) is 13.2. The average molecular weight is 671 g/mol. The molecule has 3 aliphatic rings. The van der Waals surface area contributed by atoms with Gasteiger partial charge in [-0.1, -0.05) is 42.5 Å². The minimum Gasteiger partial charge on any atom is -0.484 e. The zero-order valence-corrected chi connectivity index (χ0v) is 27.3. The Morgan fingerprint density at radius 2 is 1.76 bits per heavy atom. The van der Waals surface area contributed by atoms with E-state index >= 15 is 0 Å². The number of carbonyl (C=O) groups excluding carboxylic acids is 5. The van der Waals surface area contributed by atoms with Crippen LogP contribution in [0.25, 0.3) is 0 Å². The molecule has 1 saturated carbocycles. The molecule has 2 bridgehead atoms. The van der Waals surface area contributed by atoms with E-state index in [0.29, 0.717) is 17.9 Å². The van der Waals surface area contributed by atoms with E-state index in [1.807, 2.05) is 36.4 Å². The van der Waals surface area contributed by atoms with Crippen molar-refractivity contribution in [2.45, 2.75) is 56.3 Å². The van der Waals surface area contributed by atoms with Gasteiger partial charge in [0.25, 0.3) is 11.8 Å². The third-order valence-corrected chi connectivity index (χ3v) is 9.26. The summed E-state index contributed by atoms with van der Waals surface area (Å²) >= 11 is 0. The van der Waals surface area contributed by atoms with Crippen molar-refractivity contribution in [3.8, 4) is 5.75 Å². The Hall–Kier alpha value is -5.17. The van der Waals surface area contributed by atoms with Crippen LogP contribution in [-0.2, 0) is 25.6 Å². The summed E-state index contributed by atoms with van der Waals surface area (Å²) in [5.74, 6) is -2.11. The quantitative estimate of drug-likeness (QED) is 0.260. The summed E-state index contributed by atoms with van der Waals surface area (Å²) in [4.78, 5) is 73.8. The molecule has 1 aromatic heterocycles. The lowest BCUT2D eigenvalue weighted by Crippen LogP contribution is -2.58. The molecule has 0 unspecified atom stereocenters. The standard InChI is InChI=1S/C36H42N6O7/c1-22(43)33-36(48)41(17-24-10-11-24)20-31(44)38-29(14-23-6-3-2-4-7-23)34(46)39-30-19-42(35(47)26-12-13-37-16-26)18-28(30)25-8-5-9-27(15-25)49-21-32(45)40-33/h2-9,12-13,15-16,22,24,28-30,33,37,43H,10-11,14,17-21H2,1H3,(H,38,44)(H,39,46)(H,40,45)/t22-,28-,29+,30+,33+/m1/s1. The van der Waals surface area contributed by atoms with Crippen molar-refractivity contribution < 1.29 is 33.8 Å². The molecule has 258 valence electrons. The molecule has 2 aliphatic heterocycles. The van der Waals surface area contributed by atoms with Gasteiger partial charge in [0.2, 0.25) is 17.7 Å². The van der Waals surface area contributed by atoms with E-state index in [1.54, 1.807) is 41.6 Å². The Balaban J connectivity index is 1.33. The van der Waals surface area contributed by atoms with Crippen molar-refractivity contribution in [1.29, 1.82) is 0 Å². The lowest BCUT2D eigenvalue weighted by molar-refractivity contribution is -0.143. The molecule has 5 amide bonds. The van der Waals surface area contributed by atoms with Gasteiger partial charge in [-0.25, -0.2) is 0 Å². The Kier molecular flexibility index (Phi) is 10.3. The largest absolute Gasteiger partial charge is 0.484 e. The molecule has 3 aromatic rings. The van der Waals surface area contributed by atoms with Crippen LogP contribution in [-0.4, -0.2) is 106 Å². The smallest absolute Gasteiger partial charge is 0.258 e. The number of amides is 5. The number of aliphatic hydroxyl groups excluding tert-OH is 1. The lowest BCUT2D eigenvalue weighted by atomic mass is 9.93. The minimum absolute atomic E-state index is 0.187. The first-order valence-electron chi connectivity index (χ1n) is 16.7. The van der Waals surface area contributed by atoms with Crippen LogP contribution in [0, 0.1) is 5.92 Å². The number of nitrogens with zero attached hydrogens (tertiary/aromatic N) is 2. The Bertz CT molecular complexity index is 1660. The fourth-order valence-corrected chi connectivity index (χ4v) is 6.48. The van der Waals surface area contributed by atoms with Gasteiger partial charge in [0.1, 0.15) is 17.8 Å². The number of nitrogens with one attached hydrogen (secondary N) is 4. The van der Waals surface area contributed by atoms with Crippen molar-refractivity contribution in [3.63, 3.8) is 0 Å². The summed E-state index contributed by atoms with van der Waals surface area (Å²) in [5.41, 5.74) is 2.10. The normalized spacial score (nSPS) is 24.4. The van der Waals surface area contributed by atoms with Gasteiger partial charge >= 0.3 is 0 Å². The summed E-state index contributed by atoms with van der Waals surface area (Å²) in [6.07, 6.45) is 4.04. The molecule has 1 aliphatic carbocycles. The highest BCUT2D eigenvalue weighted by molar-refractivity contribution is 5.95. The third-order valence-electron chi connectivity index (χ3n) is 9.26. The van der Waals surface area contributed by atoms with Crippen LogP contribution in [0.2, 0.25) is 0 Å². The number of H-pyrrole nitrogens is 1. The van der Waals surface area contributed by atoms with Crippen molar-refractivity contribution >= 4 is 29.5 Å². The molecule has 0 spiro atoms. The number of ether oxygens (including phenoxy) is 1. The summed E-state index contributed by atoms with van der Waals surface area (Å²) in [5, 5.41) is 19.1. The number of fused-ring (bicyclic) bond motifs is 4. The Labute approximate surface area is 284 Å². The van der Waals surface area contributed by atoms with E-state index in [2.05, 4.69) is 20.9 Å². The summed E-state index contributed by atoms with van der Waals surface area (Å²) in [7, 11) is 0. The molecule has 1 saturated heterocycles. The van der Waals surface area contributed by atoms with E-state index < -0.39 is 54.5 Å². The first-order chi connectivity index (χ1) is 23.6. The maximum absolute atomic E-state index is 14.1. The molecule has 2 fully saturated rings. The molecule has 5 atom stereocenters. The van der Waals surface area contributed by atoms with Crippen LogP contribution in [0.3, 0.4) is 0 Å². The van der Waals surface area contributed by atoms with Gasteiger partial charge < -0.3 is 40.6 Å². The highest BCUT2D eigenvalue weighted by atomic mass is 16.5. The second kappa shape index (κ2) is 14.9. The van der Waals surface area contributed by atoms with Gasteiger partial charge in [-0.3, -0.25) is 24.0 Å². The fourth-order valence-electron chi connectivity index (χ4n) is 6.48. The van der Waals surface area contributed by atoms with E-state index in [4.69, 9.17) is 4.74 Å². The van der Waals surface area contributed by atoms with E-state index in [9.17, 15) is 29.1 Å². The predicted molar refractivity (Wildman–Crippen MR) is 178 cm³/mol. The number of benzene rings is 2. The number of rotatable bonds is 6. The molecule has 13 nitrogen and oxygen atoms in total. The SMILES string of the molecule is C[C@@H](O)[C@@H]1NC(=O)COc2cccc(c2)[C@H]2CN(C(=O)c3cc[nH]c3)C[C@@H]2NC(=O)[C@H](Cc2ccccc2)NC(=O)CN(CC2CC2)C1=O. The predicted octanol–water partition coefficient (Wildman–Crippen LogP) is 0.963. The van der Waals surface area contributed by atoms with Crippen LogP contribution in [0.4, 0.5) is 0 Å². The number of hydrogen-bond donors (Lipinski definition) is 5. The molecule has 49 heavy (non-hydrogen) atoms. The van der Waals surface area contributed by atoms with Crippen LogP contribution < -0.4 is 20.7 Å². The molecule has 6 rings (SSSR count). The summed E-state index contributed by atoms with van der Waals surface area (Å²) in [6.45, 7) is 1.43. The maximum atomic E-state index is 14.1. The zero-order valence-electron chi connectivity index (χ0n) is 27.3. The van der Waals surface area contributed by atoms with E-state index in [1.165, 1.54) is 11.8 Å². The zero-order chi connectivity index (χ0) is 34.5. The fraction of sp³-hybridized carbons (Fsp3) is 0.417. The van der Waals surface area contributed by atoms with Gasteiger partial charge in [-0.05, 0) is 55.0 Å². The molecular weight excluding hydrogens is 628 g/mol. The number of aromatic nitrogens is 1. The van der Waals surface area contributed by atoms with Gasteiger partial charge in [-0.15, -0.1) is 0 Å². The summed E-state index contributed by atoms with van der Waals surface area (Å²) < 4.78 is 5.82. The van der Waals surface area contributed by atoms with E-state index in [0.717, 1.165) is 24.0 Å². The number of aliphatic hydroxyl groups is 1. The van der Waals surface area contributed by atoms with Gasteiger partial charge in [0.15, 0.2) is 6.61 Å². The van der Waals surface area contributed by atoms with Gasteiger partial charge in [0, 0.05) is 44.4 Å². The molecule has 13 heteroatoms. The second-order valence-electron chi connectivity index (χ2n) is 13.2. The van der Waals surface area contributed by atoms with Crippen molar-refractivity contribution in [2.75, 3.05) is 32.8 Å². The number of hydrogen-bond acceptors (Lipinski definition) is 7. The van der Waals surface area contributed by atoms with E-state index in [-0.39, 0.29) is 43.8 Å². The monoisotopic (exact) mass is 670 g/mol. The van der Waals surface area contributed by atoms with Crippen LogP contribution in [0.15, 0.2) is 73.1 Å². The highest BCUT2D eigenvalue weighted by Crippen LogP contribution is 2.32. The third kappa shape index (κ3) is 8.47. The molecule has 0 radical (unpaired) electrons. The summed E-state index contributed by atoms with van der Waals surface area (Å²) in [6, 6.07) is 15.3. The number of likely N-dealkylation sites (tertiary alicyclic amines) is 1. The molecule has 3 heterocycles. The Morgan fingerprint density at radius 3 is 2.47 bits per heavy atom. The van der Waals surface area contributed by atoms with Crippen LogP contribution >= 0.6 is 0 Å². The molecular formula is C36H42N6O7. The molecule has 5 N–H and O–H groups in total. The van der Waals surface area contributed by atoms with Gasteiger partial charge in [-0.2, -0.15) is 0 Å². The van der Waals surface area contributed by atoms with Gasteiger partial charge in [0.05, 0.1) is 24.3 Å². The van der Waals surface area contributed by atoms with Crippen molar-refractivity contribution in [3.05, 3.63) is 89.7 Å². The molecule has 2 aromatic carbocycles. The average Bonchev–Trinajstić information content (AvgIpc) is 3.55. The number of carbonyl (C=O) groups is 5. The van der Waals surface area contributed by atoms with Crippen molar-refractivity contribution in [2.24, 2.45) is 5.92 Å². The minimum atomic E-state index is -1.31. The van der Waals surface area contributed by atoms with Crippen LogP contribution in [0.5, 0.6) is 5.75 Å².